The summed E-state index contributed by atoms with van der Waals surface area (Å²) in [6, 6.07) is 20.2. The molecule has 0 unspecified atom stereocenters. The van der Waals surface area contributed by atoms with Gasteiger partial charge in [0.25, 0.3) is 5.91 Å². The van der Waals surface area contributed by atoms with Gasteiger partial charge in [0.05, 0.1) is 7.11 Å². The van der Waals surface area contributed by atoms with Crippen molar-refractivity contribution in [2.75, 3.05) is 12.4 Å². The third-order valence-electron chi connectivity index (χ3n) is 4.51. The first kappa shape index (κ1) is 23.4. The van der Waals surface area contributed by atoms with Gasteiger partial charge in [0, 0.05) is 15.2 Å². The summed E-state index contributed by atoms with van der Waals surface area (Å²) in [5, 5.41) is 12.7. The highest BCUT2D eigenvalue weighted by Crippen LogP contribution is 2.35. The fraction of sp³-hybridized carbons (Fsp3) is 0.120. The van der Waals surface area contributed by atoms with Crippen LogP contribution in [0.25, 0.3) is 6.08 Å². The summed E-state index contributed by atoms with van der Waals surface area (Å²) in [5.41, 5.74) is 3.22. The minimum absolute atomic E-state index is 0.0684. The Kier molecular flexibility index (Phi) is 7.93. The number of hydrogen-bond acceptors (Lipinski definition) is 4. The van der Waals surface area contributed by atoms with Crippen molar-refractivity contribution in [3.05, 3.63) is 92.4 Å². The SMILES string of the molecule is COc1cc(/C=C(\C#N)C(=O)Nc2cccc(Cl)c2)c(Br)cc1OCc1cccc(C)c1. The monoisotopic (exact) mass is 510 g/mol. The molecule has 7 heteroatoms. The zero-order valence-electron chi connectivity index (χ0n) is 17.5. The number of hydrogen-bond donors (Lipinski definition) is 1. The predicted molar refractivity (Wildman–Crippen MR) is 130 cm³/mol. The minimum Gasteiger partial charge on any atom is -0.493 e. The Labute approximate surface area is 200 Å². The molecule has 0 bridgehead atoms. The fourth-order valence-corrected chi connectivity index (χ4v) is 3.59. The molecule has 0 aliphatic carbocycles. The number of rotatable bonds is 7. The van der Waals surface area contributed by atoms with Crippen LogP contribution in [0, 0.1) is 18.3 Å². The normalized spacial score (nSPS) is 10.9. The van der Waals surface area contributed by atoms with E-state index < -0.39 is 5.91 Å². The highest BCUT2D eigenvalue weighted by molar-refractivity contribution is 9.10. The molecule has 0 aromatic heterocycles. The molecule has 0 saturated carbocycles. The van der Waals surface area contributed by atoms with E-state index in [0.29, 0.717) is 38.9 Å². The van der Waals surface area contributed by atoms with Crippen molar-refractivity contribution in [2.24, 2.45) is 0 Å². The number of halogens is 2. The maximum absolute atomic E-state index is 12.6. The highest BCUT2D eigenvalue weighted by atomic mass is 79.9. The molecule has 162 valence electrons. The van der Waals surface area contributed by atoms with Crippen molar-refractivity contribution in [1.29, 1.82) is 5.26 Å². The van der Waals surface area contributed by atoms with Gasteiger partial charge in [0.2, 0.25) is 0 Å². The van der Waals surface area contributed by atoms with E-state index >= 15 is 0 Å². The van der Waals surface area contributed by atoms with Gasteiger partial charge >= 0.3 is 0 Å². The lowest BCUT2D eigenvalue weighted by Gasteiger charge is -2.13. The lowest BCUT2D eigenvalue weighted by atomic mass is 10.1. The number of benzene rings is 3. The number of ether oxygens (including phenoxy) is 2. The summed E-state index contributed by atoms with van der Waals surface area (Å²) >= 11 is 9.44. The maximum Gasteiger partial charge on any atom is 0.266 e. The van der Waals surface area contributed by atoms with E-state index in [1.165, 1.54) is 13.2 Å². The summed E-state index contributed by atoms with van der Waals surface area (Å²) in [6.07, 6.45) is 1.48. The predicted octanol–water partition coefficient (Wildman–Crippen LogP) is 6.54. The number of amides is 1. The number of aryl methyl sites for hydroxylation is 1. The van der Waals surface area contributed by atoms with Crippen molar-refractivity contribution in [2.45, 2.75) is 13.5 Å². The van der Waals surface area contributed by atoms with Gasteiger partial charge in [-0.2, -0.15) is 5.26 Å². The average Bonchev–Trinajstić information content (AvgIpc) is 2.77. The van der Waals surface area contributed by atoms with E-state index in [0.717, 1.165) is 11.1 Å². The van der Waals surface area contributed by atoms with Gasteiger partial charge in [-0.05, 0) is 54.5 Å². The molecule has 5 nitrogen and oxygen atoms in total. The minimum atomic E-state index is -0.541. The Morgan fingerprint density at radius 2 is 1.94 bits per heavy atom. The first-order valence-electron chi connectivity index (χ1n) is 9.64. The summed E-state index contributed by atoms with van der Waals surface area (Å²) < 4.78 is 12.1. The molecule has 1 amide bonds. The largest absolute Gasteiger partial charge is 0.493 e. The van der Waals surface area contributed by atoms with Crippen LogP contribution in [0.5, 0.6) is 11.5 Å². The van der Waals surface area contributed by atoms with E-state index in [4.69, 9.17) is 21.1 Å². The Morgan fingerprint density at radius 1 is 1.16 bits per heavy atom. The van der Waals surface area contributed by atoms with Crippen LogP contribution in [-0.2, 0) is 11.4 Å². The van der Waals surface area contributed by atoms with Crippen LogP contribution in [0.15, 0.2) is 70.7 Å². The Balaban J connectivity index is 1.82. The Morgan fingerprint density at radius 3 is 2.62 bits per heavy atom. The summed E-state index contributed by atoms with van der Waals surface area (Å²) in [5.74, 6) is 0.486. The van der Waals surface area contributed by atoms with E-state index in [-0.39, 0.29) is 5.57 Å². The second-order valence-corrected chi connectivity index (χ2v) is 8.23. The summed E-state index contributed by atoms with van der Waals surface area (Å²) in [4.78, 5) is 12.6. The number of carbonyl (C=O) groups is 1. The first-order valence-corrected chi connectivity index (χ1v) is 10.8. The summed E-state index contributed by atoms with van der Waals surface area (Å²) in [6.45, 7) is 2.41. The molecule has 0 aliphatic heterocycles. The van der Waals surface area contributed by atoms with Crippen molar-refractivity contribution in [3.8, 4) is 17.6 Å². The quantitative estimate of drug-likeness (QED) is 0.289. The summed E-state index contributed by atoms with van der Waals surface area (Å²) in [7, 11) is 1.54. The van der Waals surface area contributed by atoms with Crippen LogP contribution < -0.4 is 14.8 Å². The second kappa shape index (κ2) is 10.9. The topological polar surface area (TPSA) is 71.3 Å². The van der Waals surface area contributed by atoms with E-state index in [9.17, 15) is 10.1 Å². The molecule has 0 atom stereocenters. The smallest absolute Gasteiger partial charge is 0.266 e. The van der Waals surface area contributed by atoms with Crippen LogP contribution in [0.1, 0.15) is 16.7 Å². The number of carbonyl (C=O) groups excluding carboxylic acids is 1. The zero-order valence-corrected chi connectivity index (χ0v) is 19.8. The van der Waals surface area contributed by atoms with Gasteiger partial charge < -0.3 is 14.8 Å². The fourth-order valence-electron chi connectivity index (χ4n) is 2.97. The molecule has 3 aromatic carbocycles. The molecule has 0 heterocycles. The molecule has 0 aliphatic rings. The van der Waals surface area contributed by atoms with Crippen molar-refractivity contribution in [3.63, 3.8) is 0 Å². The van der Waals surface area contributed by atoms with Gasteiger partial charge in [0.15, 0.2) is 11.5 Å². The molecular weight excluding hydrogens is 492 g/mol. The van der Waals surface area contributed by atoms with Crippen molar-refractivity contribution < 1.29 is 14.3 Å². The molecule has 0 radical (unpaired) electrons. The van der Waals surface area contributed by atoms with Gasteiger partial charge in [-0.3, -0.25) is 4.79 Å². The molecule has 0 fully saturated rings. The lowest BCUT2D eigenvalue weighted by Crippen LogP contribution is -2.13. The molecule has 0 spiro atoms. The first-order chi connectivity index (χ1) is 15.4. The molecule has 1 N–H and O–H groups in total. The third kappa shape index (κ3) is 6.13. The molecule has 3 rings (SSSR count). The van der Waals surface area contributed by atoms with E-state index in [2.05, 4.69) is 27.3 Å². The Bertz CT molecular complexity index is 1220. The Hall–Kier alpha value is -3.27. The van der Waals surface area contributed by atoms with E-state index in [1.807, 2.05) is 31.2 Å². The van der Waals surface area contributed by atoms with Crippen molar-refractivity contribution in [1.82, 2.24) is 0 Å². The van der Waals surface area contributed by atoms with Crippen LogP contribution in [-0.4, -0.2) is 13.0 Å². The molecular formula is C25H20BrClN2O3. The van der Waals surface area contributed by atoms with Gasteiger partial charge in [0.1, 0.15) is 18.2 Å². The number of anilines is 1. The van der Waals surface area contributed by atoms with Crippen LogP contribution in [0.3, 0.4) is 0 Å². The number of nitriles is 1. The highest BCUT2D eigenvalue weighted by Gasteiger charge is 2.14. The second-order valence-electron chi connectivity index (χ2n) is 6.94. The third-order valence-corrected chi connectivity index (χ3v) is 5.43. The van der Waals surface area contributed by atoms with E-state index in [1.54, 1.807) is 36.4 Å². The van der Waals surface area contributed by atoms with Gasteiger partial charge in [-0.25, -0.2) is 0 Å². The molecule has 3 aromatic rings. The van der Waals surface area contributed by atoms with Gasteiger partial charge in [-0.1, -0.05) is 63.4 Å². The number of nitrogens with one attached hydrogen (secondary N) is 1. The average molecular weight is 512 g/mol. The van der Waals surface area contributed by atoms with Crippen LogP contribution >= 0.6 is 27.5 Å². The standard InChI is InChI=1S/C25H20BrClN2O3/c1-16-5-3-6-17(9-16)15-32-24-13-22(26)18(11-23(24)31-2)10-19(14-28)25(30)29-21-8-4-7-20(27)12-21/h3-13H,15H2,1-2H3,(H,29,30)/b19-10+. The lowest BCUT2D eigenvalue weighted by molar-refractivity contribution is -0.112. The van der Waals surface area contributed by atoms with Crippen LogP contribution in [0.2, 0.25) is 5.02 Å². The number of methoxy groups -OCH3 is 1. The maximum atomic E-state index is 12.6. The van der Waals surface area contributed by atoms with Crippen LogP contribution in [0.4, 0.5) is 5.69 Å². The number of nitrogens with zero attached hydrogens (tertiary/aromatic N) is 1. The van der Waals surface area contributed by atoms with Crippen molar-refractivity contribution >= 4 is 45.2 Å². The molecule has 0 saturated heterocycles. The van der Waals surface area contributed by atoms with Gasteiger partial charge in [-0.15, -0.1) is 0 Å². The molecule has 32 heavy (non-hydrogen) atoms. The zero-order chi connectivity index (χ0) is 23.1.